The number of esters is 1. The molecule has 1 aliphatic rings. The first-order chi connectivity index (χ1) is 15.2. The number of rotatable bonds is 6. The second-order valence-corrected chi connectivity index (χ2v) is 7.87. The Morgan fingerprint density at radius 3 is 2.34 bits per heavy atom. The molecule has 5 atom stereocenters. The molecule has 2 aromatic carbocycles. The average Bonchev–Trinajstić information content (AvgIpc) is 2.79. The van der Waals surface area contributed by atoms with Gasteiger partial charge in [-0.25, -0.2) is 4.79 Å². The summed E-state index contributed by atoms with van der Waals surface area (Å²) in [5.74, 6) is -0.908. The minimum absolute atomic E-state index is 0.0215. The van der Waals surface area contributed by atoms with Crippen LogP contribution < -0.4 is 4.74 Å². The van der Waals surface area contributed by atoms with Crippen molar-refractivity contribution in [3.63, 3.8) is 0 Å². The third-order valence-corrected chi connectivity index (χ3v) is 5.43. The zero-order valence-electron chi connectivity index (χ0n) is 18.1. The van der Waals surface area contributed by atoms with E-state index in [2.05, 4.69) is 0 Å². The van der Waals surface area contributed by atoms with E-state index in [-0.39, 0.29) is 29.0 Å². The van der Waals surface area contributed by atoms with Crippen molar-refractivity contribution >= 4 is 16.7 Å². The fourth-order valence-corrected chi connectivity index (χ4v) is 3.67. The molecule has 3 rings (SSSR count). The van der Waals surface area contributed by atoms with E-state index in [4.69, 9.17) is 14.2 Å². The number of benzene rings is 2. The molecule has 5 unspecified atom stereocenters. The van der Waals surface area contributed by atoms with E-state index in [1.165, 1.54) is 7.11 Å². The molecule has 0 aliphatic carbocycles. The summed E-state index contributed by atoms with van der Waals surface area (Å²) in [6.07, 6.45) is -5.55. The highest BCUT2D eigenvalue weighted by Crippen LogP contribution is 2.42. The van der Waals surface area contributed by atoms with E-state index in [0.717, 1.165) is 5.57 Å². The third kappa shape index (κ3) is 4.43. The van der Waals surface area contributed by atoms with Crippen LogP contribution in [0, 0.1) is 0 Å². The summed E-state index contributed by atoms with van der Waals surface area (Å²) < 4.78 is 16.3. The van der Waals surface area contributed by atoms with Crippen LogP contribution in [0.5, 0.6) is 11.5 Å². The first kappa shape index (κ1) is 24.0. The molecule has 1 aliphatic heterocycles. The monoisotopic (exact) mass is 448 g/mol. The number of fused-ring (bicyclic) bond motifs is 1. The Hall–Kier alpha value is -2.69. The van der Waals surface area contributed by atoms with Gasteiger partial charge in [0.2, 0.25) is 6.29 Å². The zero-order chi connectivity index (χ0) is 23.6. The Balaban J connectivity index is 2.21. The van der Waals surface area contributed by atoms with E-state index >= 15 is 0 Å². The fourth-order valence-electron chi connectivity index (χ4n) is 3.67. The van der Waals surface area contributed by atoms with Crippen LogP contribution in [-0.2, 0) is 15.9 Å². The lowest BCUT2D eigenvalue weighted by Crippen LogP contribution is -2.60. The van der Waals surface area contributed by atoms with E-state index in [0.29, 0.717) is 10.8 Å². The fraction of sp³-hybridized carbons (Fsp3) is 0.435. The van der Waals surface area contributed by atoms with Gasteiger partial charge in [-0.1, -0.05) is 35.9 Å². The van der Waals surface area contributed by atoms with Crippen molar-refractivity contribution in [2.75, 3.05) is 13.7 Å². The summed E-state index contributed by atoms with van der Waals surface area (Å²) >= 11 is 0. The summed E-state index contributed by atoms with van der Waals surface area (Å²) in [6.45, 7) is 3.12. The molecule has 0 bridgehead atoms. The quantitative estimate of drug-likeness (QED) is 0.323. The van der Waals surface area contributed by atoms with Crippen LogP contribution in [0.2, 0.25) is 0 Å². The van der Waals surface area contributed by atoms with Gasteiger partial charge in [0.25, 0.3) is 0 Å². The summed E-state index contributed by atoms with van der Waals surface area (Å²) in [7, 11) is 1.19. The Morgan fingerprint density at radius 1 is 1.09 bits per heavy atom. The Morgan fingerprint density at radius 2 is 1.75 bits per heavy atom. The predicted molar refractivity (Wildman–Crippen MR) is 114 cm³/mol. The van der Waals surface area contributed by atoms with E-state index in [9.17, 15) is 30.3 Å². The normalized spacial score (nSPS) is 25.4. The third-order valence-electron chi connectivity index (χ3n) is 5.43. The van der Waals surface area contributed by atoms with Crippen LogP contribution in [-0.4, -0.2) is 75.9 Å². The van der Waals surface area contributed by atoms with Gasteiger partial charge in [-0.05, 0) is 20.3 Å². The van der Waals surface area contributed by atoms with Gasteiger partial charge in [0.1, 0.15) is 41.5 Å². The highest BCUT2D eigenvalue weighted by Gasteiger charge is 2.45. The predicted octanol–water partition coefficient (Wildman–Crippen LogP) is 1.02. The van der Waals surface area contributed by atoms with Crippen LogP contribution in [0.3, 0.4) is 0 Å². The van der Waals surface area contributed by atoms with Gasteiger partial charge in [0.05, 0.1) is 13.7 Å². The van der Waals surface area contributed by atoms with Gasteiger partial charge < -0.3 is 39.7 Å². The number of allylic oxidation sites excluding steroid dienone is 2. The van der Waals surface area contributed by atoms with Crippen molar-refractivity contribution in [2.45, 2.75) is 51.0 Å². The van der Waals surface area contributed by atoms with E-state index in [1.807, 2.05) is 19.9 Å². The Kier molecular flexibility index (Phi) is 7.37. The first-order valence-corrected chi connectivity index (χ1v) is 10.2. The summed E-state index contributed by atoms with van der Waals surface area (Å²) in [5, 5.41) is 51.7. The smallest absolute Gasteiger partial charge is 0.342 e. The highest BCUT2D eigenvalue weighted by atomic mass is 16.7. The Labute approximate surface area is 185 Å². The largest absolute Gasteiger partial charge is 0.507 e. The number of phenols is 1. The zero-order valence-corrected chi connectivity index (χ0v) is 18.1. The average molecular weight is 448 g/mol. The molecule has 0 aromatic heterocycles. The molecule has 5 N–H and O–H groups in total. The standard InChI is InChI=1S/C23H28O9/c1-11(2)8-9-14-16(22(29)30-3)21(13-7-5-4-6-12(13)17(14)25)32-23-20(28)19(27)18(26)15(10-24)31-23/h4-8,15,18-20,23-28H,9-10H2,1-3H3. The molecule has 1 heterocycles. The molecule has 9 heteroatoms. The summed E-state index contributed by atoms with van der Waals surface area (Å²) in [6, 6.07) is 6.66. The van der Waals surface area contributed by atoms with Gasteiger partial charge >= 0.3 is 5.97 Å². The van der Waals surface area contributed by atoms with Crippen molar-refractivity contribution in [1.29, 1.82) is 0 Å². The topological polar surface area (TPSA) is 146 Å². The molecule has 32 heavy (non-hydrogen) atoms. The lowest BCUT2D eigenvalue weighted by atomic mass is 9.94. The number of hydrogen-bond acceptors (Lipinski definition) is 9. The first-order valence-electron chi connectivity index (χ1n) is 10.2. The summed E-state index contributed by atoms with van der Waals surface area (Å²) in [5.41, 5.74) is 1.17. The van der Waals surface area contributed by atoms with Crippen molar-refractivity contribution in [1.82, 2.24) is 0 Å². The lowest BCUT2D eigenvalue weighted by Gasteiger charge is -2.40. The molecule has 174 valence electrons. The minimum Gasteiger partial charge on any atom is -0.507 e. The van der Waals surface area contributed by atoms with Crippen LogP contribution in [0.15, 0.2) is 35.9 Å². The van der Waals surface area contributed by atoms with Crippen LogP contribution >= 0.6 is 0 Å². The molecule has 0 spiro atoms. The number of ether oxygens (including phenoxy) is 3. The SMILES string of the molecule is COC(=O)c1c(CC=C(C)C)c(O)c2ccccc2c1OC1OC(CO)C(O)C(O)C1O. The number of aliphatic hydroxyl groups is 4. The molecule has 9 nitrogen and oxygen atoms in total. The van der Waals surface area contributed by atoms with Crippen LogP contribution in [0.4, 0.5) is 0 Å². The maximum absolute atomic E-state index is 12.8. The molecular weight excluding hydrogens is 420 g/mol. The number of carbonyl (C=O) groups is 1. The van der Waals surface area contributed by atoms with Crippen molar-refractivity contribution in [3.05, 3.63) is 47.0 Å². The number of aliphatic hydroxyl groups excluding tert-OH is 4. The molecule has 0 amide bonds. The molecule has 1 fully saturated rings. The second kappa shape index (κ2) is 9.85. The highest BCUT2D eigenvalue weighted by molar-refractivity contribution is 6.06. The molecule has 1 saturated heterocycles. The van der Waals surface area contributed by atoms with Crippen molar-refractivity contribution in [3.8, 4) is 11.5 Å². The number of methoxy groups -OCH3 is 1. The number of aromatic hydroxyl groups is 1. The number of hydrogen-bond donors (Lipinski definition) is 5. The number of phenolic OH excluding ortho intramolecular Hbond substituents is 1. The van der Waals surface area contributed by atoms with Crippen LogP contribution in [0.25, 0.3) is 10.8 Å². The van der Waals surface area contributed by atoms with Gasteiger partial charge in [-0.3, -0.25) is 0 Å². The summed E-state index contributed by atoms with van der Waals surface area (Å²) in [4.78, 5) is 12.8. The van der Waals surface area contributed by atoms with Gasteiger partial charge in [0.15, 0.2) is 0 Å². The van der Waals surface area contributed by atoms with E-state index in [1.54, 1.807) is 24.3 Å². The van der Waals surface area contributed by atoms with Gasteiger partial charge in [-0.15, -0.1) is 0 Å². The van der Waals surface area contributed by atoms with Crippen LogP contribution in [0.1, 0.15) is 29.8 Å². The molecule has 2 aromatic rings. The molecule has 0 saturated carbocycles. The Bertz CT molecular complexity index is 1010. The minimum atomic E-state index is -1.67. The van der Waals surface area contributed by atoms with Gasteiger partial charge in [-0.2, -0.15) is 0 Å². The maximum Gasteiger partial charge on any atom is 0.342 e. The van der Waals surface area contributed by atoms with Gasteiger partial charge in [0, 0.05) is 16.3 Å². The number of carbonyl (C=O) groups excluding carboxylic acids is 1. The van der Waals surface area contributed by atoms with Crippen molar-refractivity contribution < 1.29 is 44.5 Å². The molecule has 0 radical (unpaired) electrons. The van der Waals surface area contributed by atoms with E-state index < -0.39 is 43.3 Å². The maximum atomic E-state index is 12.8. The van der Waals surface area contributed by atoms with Crippen molar-refractivity contribution in [2.24, 2.45) is 0 Å². The second-order valence-electron chi connectivity index (χ2n) is 7.87. The lowest BCUT2D eigenvalue weighted by molar-refractivity contribution is -0.277. The molecular formula is C23H28O9.